The average Bonchev–Trinajstić information content (AvgIpc) is 3.24. The topological polar surface area (TPSA) is 88.8 Å². The molecule has 0 radical (unpaired) electrons. The number of methoxy groups -OCH3 is 1. The quantitative estimate of drug-likeness (QED) is 0.165. The number of ether oxygens (including phenoxy) is 1. The van der Waals surface area contributed by atoms with Crippen molar-refractivity contribution in [2.24, 2.45) is 0 Å². The van der Waals surface area contributed by atoms with E-state index in [0.29, 0.717) is 28.9 Å². The van der Waals surface area contributed by atoms with Crippen LogP contribution in [0.3, 0.4) is 0 Å². The maximum atomic E-state index is 13.5. The van der Waals surface area contributed by atoms with Gasteiger partial charge in [-0.15, -0.1) is 9.46 Å². The molecular weight excluding hydrogens is 541 g/mol. The van der Waals surface area contributed by atoms with E-state index in [1.807, 2.05) is 30.3 Å². The molecule has 0 saturated carbocycles. The minimum absolute atomic E-state index is 0.0672. The lowest BCUT2D eigenvalue weighted by atomic mass is 10.1. The predicted octanol–water partition coefficient (Wildman–Crippen LogP) is 6.35. The van der Waals surface area contributed by atoms with E-state index in [1.165, 1.54) is 19.2 Å². The molecule has 3 aromatic carbocycles. The average molecular weight is 563 g/mol. The fourth-order valence-corrected chi connectivity index (χ4v) is 5.15. The van der Waals surface area contributed by atoms with Crippen LogP contribution in [-0.2, 0) is 38.0 Å². The first-order chi connectivity index (χ1) is 18.3. The van der Waals surface area contributed by atoms with Crippen LogP contribution in [0.2, 0.25) is 5.02 Å². The van der Waals surface area contributed by atoms with Gasteiger partial charge >= 0.3 is 19.3 Å². The van der Waals surface area contributed by atoms with Crippen LogP contribution in [0.15, 0.2) is 83.8 Å². The van der Waals surface area contributed by atoms with E-state index in [0.717, 1.165) is 5.56 Å². The van der Waals surface area contributed by atoms with Crippen molar-refractivity contribution in [3.05, 3.63) is 117 Å². The summed E-state index contributed by atoms with van der Waals surface area (Å²) in [6.07, 6.45) is 1.01. The second-order valence-corrected chi connectivity index (χ2v) is 10.6. The fraction of sp³-hybridized carbons (Fsp3) is 0.154. The van der Waals surface area contributed by atoms with Crippen molar-refractivity contribution < 1.29 is 32.6 Å². The molecule has 12 heteroatoms. The van der Waals surface area contributed by atoms with Crippen molar-refractivity contribution in [1.29, 1.82) is 0 Å². The van der Waals surface area contributed by atoms with Crippen molar-refractivity contribution >= 4 is 25.2 Å². The Morgan fingerprint density at radius 2 is 1.63 bits per heavy atom. The summed E-state index contributed by atoms with van der Waals surface area (Å²) in [5.74, 6) is -0.480. The Morgan fingerprint density at radius 1 is 0.947 bits per heavy atom. The molecule has 198 valence electrons. The summed E-state index contributed by atoms with van der Waals surface area (Å²) in [6, 6.07) is 20.6. The summed E-state index contributed by atoms with van der Waals surface area (Å²) >= 11 is 6.27. The number of nitrogens with zero attached hydrogens (tertiary/aromatic N) is 2. The van der Waals surface area contributed by atoms with Gasteiger partial charge in [0, 0.05) is 11.2 Å². The van der Waals surface area contributed by atoms with Crippen LogP contribution in [0, 0.1) is 0 Å². The molecule has 0 atom stereocenters. The Bertz CT molecular complexity index is 1530. The lowest BCUT2D eigenvalue weighted by Crippen LogP contribution is -2.25. The third-order valence-corrected chi connectivity index (χ3v) is 7.38. The van der Waals surface area contributed by atoms with E-state index in [2.05, 4.69) is 9.46 Å². The highest BCUT2D eigenvalue weighted by molar-refractivity contribution is 7.52. The minimum Gasteiger partial charge on any atom is -0.465 e. The van der Waals surface area contributed by atoms with Crippen molar-refractivity contribution in [1.82, 2.24) is 9.13 Å². The van der Waals surface area contributed by atoms with Crippen LogP contribution in [0.25, 0.3) is 11.3 Å². The molecule has 8 nitrogen and oxygen atoms in total. The van der Waals surface area contributed by atoms with Gasteiger partial charge in [0.15, 0.2) is 0 Å². The summed E-state index contributed by atoms with van der Waals surface area (Å²) < 4.78 is 51.0. The molecule has 0 N–H and O–H groups in total. The van der Waals surface area contributed by atoms with Gasteiger partial charge in [-0.3, -0.25) is 13.7 Å². The highest BCUT2D eigenvalue weighted by Gasteiger charge is 2.29. The molecule has 4 aromatic rings. The molecule has 0 aliphatic rings. The maximum Gasteiger partial charge on any atom is 0.399 e. The zero-order valence-electron chi connectivity index (χ0n) is 20.1. The van der Waals surface area contributed by atoms with E-state index in [-0.39, 0.29) is 22.8 Å². The zero-order valence-corrected chi connectivity index (χ0v) is 21.7. The third kappa shape index (κ3) is 6.11. The van der Waals surface area contributed by atoms with Gasteiger partial charge in [-0.1, -0.05) is 66.2 Å². The van der Waals surface area contributed by atoms with Crippen LogP contribution in [0.5, 0.6) is 0 Å². The molecule has 1 aromatic heterocycles. The summed E-state index contributed by atoms with van der Waals surface area (Å²) in [4.78, 5) is 25.3. The van der Waals surface area contributed by atoms with Crippen molar-refractivity contribution in [3.63, 3.8) is 0 Å². The smallest absolute Gasteiger partial charge is 0.399 e. The molecule has 38 heavy (non-hydrogen) atoms. The number of esters is 1. The van der Waals surface area contributed by atoms with E-state index < -0.39 is 19.7 Å². The molecule has 4 rings (SSSR count). The zero-order chi connectivity index (χ0) is 27.3. The van der Waals surface area contributed by atoms with Crippen LogP contribution >= 0.6 is 19.2 Å². The number of carbonyl (C=O) groups is 1. The van der Waals surface area contributed by atoms with Crippen molar-refractivity contribution in [2.75, 3.05) is 7.11 Å². The largest absolute Gasteiger partial charge is 0.465 e. The molecule has 1 heterocycles. The molecule has 0 aliphatic carbocycles. The van der Waals surface area contributed by atoms with Gasteiger partial charge < -0.3 is 4.74 Å². The molecular formula is C26H22ClF2N2O6P. The first-order valence-corrected chi connectivity index (χ1v) is 13.4. The van der Waals surface area contributed by atoms with Crippen LogP contribution in [0.1, 0.15) is 27.0 Å². The van der Waals surface area contributed by atoms with Crippen LogP contribution in [0.4, 0.5) is 9.05 Å². The first kappa shape index (κ1) is 27.5. The molecule has 0 saturated heterocycles. The van der Waals surface area contributed by atoms with Gasteiger partial charge in [-0.25, -0.2) is 9.59 Å². The first-order valence-electron chi connectivity index (χ1n) is 11.3. The van der Waals surface area contributed by atoms with Gasteiger partial charge in [-0.05, 0) is 49.5 Å². The normalized spacial score (nSPS) is 11.5. The lowest BCUT2D eigenvalue weighted by Gasteiger charge is -2.12. The summed E-state index contributed by atoms with van der Waals surface area (Å²) in [5, 5.41) is 0.0672. The number of imidazole rings is 1. The molecule has 0 spiro atoms. The number of hydrogen-bond acceptors (Lipinski definition) is 6. The standard InChI is InChI=1S/C26H22ClF2N2O6P/c1-35-25(32)21-11-9-20(10-12-21)24-16-30(14-18-5-3-2-4-6-18)26(33)31(24)15-19-7-8-22(23(27)13-19)17-38(34,36-28)37-29/h2-13,16H,14-15,17H2,1H3. The molecule has 0 unspecified atom stereocenters. The Balaban J connectivity index is 1.71. The Labute approximate surface area is 221 Å². The second-order valence-electron chi connectivity index (χ2n) is 8.40. The van der Waals surface area contributed by atoms with Gasteiger partial charge in [0.05, 0.1) is 37.6 Å². The summed E-state index contributed by atoms with van der Waals surface area (Å²) in [7, 11) is -3.33. The third-order valence-electron chi connectivity index (χ3n) is 5.88. The van der Waals surface area contributed by atoms with Crippen LogP contribution < -0.4 is 5.69 Å². The van der Waals surface area contributed by atoms with Gasteiger partial charge in [-0.2, -0.15) is 0 Å². The van der Waals surface area contributed by atoms with Crippen LogP contribution in [-0.4, -0.2) is 22.2 Å². The number of halogens is 3. The number of hydrogen-bond donors (Lipinski definition) is 0. The summed E-state index contributed by atoms with van der Waals surface area (Å²) in [5.41, 5.74) is 3.02. The van der Waals surface area contributed by atoms with E-state index in [4.69, 9.17) is 16.3 Å². The number of rotatable bonds is 10. The van der Waals surface area contributed by atoms with E-state index in [9.17, 15) is 23.2 Å². The fourth-order valence-electron chi connectivity index (χ4n) is 3.97. The Morgan fingerprint density at radius 3 is 2.24 bits per heavy atom. The Hall–Kier alpha value is -3.56. The van der Waals surface area contributed by atoms with Gasteiger partial charge in [0.1, 0.15) is 0 Å². The number of carbonyl (C=O) groups excluding carboxylic acids is 1. The molecule has 0 amide bonds. The molecule has 0 aliphatic heterocycles. The predicted molar refractivity (Wildman–Crippen MR) is 137 cm³/mol. The lowest BCUT2D eigenvalue weighted by molar-refractivity contribution is -0.0881. The highest BCUT2D eigenvalue weighted by atomic mass is 35.5. The van der Waals surface area contributed by atoms with E-state index >= 15 is 0 Å². The monoisotopic (exact) mass is 562 g/mol. The van der Waals surface area contributed by atoms with Gasteiger partial charge in [0.25, 0.3) is 0 Å². The maximum absolute atomic E-state index is 13.5. The van der Waals surface area contributed by atoms with Crippen molar-refractivity contribution in [3.8, 4) is 11.3 Å². The SMILES string of the molecule is COC(=O)c1ccc(-c2cn(Cc3ccccc3)c(=O)n2Cc2ccc(CP(=O)(OF)OF)c(Cl)c2)cc1. The minimum atomic E-state index is -4.62. The van der Waals surface area contributed by atoms with E-state index in [1.54, 1.807) is 45.7 Å². The second kappa shape index (κ2) is 11.9. The van der Waals surface area contributed by atoms with Crippen molar-refractivity contribution in [2.45, 2.75) is 19.3 Å². The summed E-state index contributed by atoms with van der Waals surface area (Å²) in [6.45, 7) is 0.437. The Kier molecular flexibility index (Phi) is 8.58. The van der Waals surface area contributed by atoms with Gasteiger partial charge in [0.2, 0.25) is 0 Å². The number of aromatic nitrogens is 2. The number of benzene rings is 3. The highest BCUT2D eigenvalue weighted by Crippen LogP contribution is 2.53. The molecule has 0 fully saturated rings. The molecule has 0 bridgehead atoms.